The molecule has 1 fully saturated rings. The summed E-state index contributed by atoms with van der Waals surface area (Å²) in [4.78, 5) is 13.1. The zero-order chi connectivity index (χ0) is 14.5. The van der Waals surface area contributed by atoms with E-state index in [1.54, 1.807) is 0 Å². The number of nitrogens with zero attached hydrogens (tertiary/aromatic N) is 1. The normalized spacial score (nSPS) is 23.7. The van der Waals surface area contributed by atoms with Gasteiger partial charge in [-0.05, 0) is 50.8 Å². The van der Waals surface area contributed by atoms with Gasteiger partial charge in [-0.15, -0.1) is 0 Å². The summed E-state index contributed by atoms with van der Waals surface area (Å²) >= 11 is 0. The second-order valence-electron chi connectivity index (χ2n) is 6.01. The molecule has 1 heterocycles. The third-order valence-electron chi connectivity index (χ3n) is 4.29. The first-order valence-electron chi connectivity index (χ1n) is 7.60. The third kappa shape index (κ3) is 3.83. The van der Waals surface area contributed by atoms with Crippen molar-refractivity contribution < 1.29 is 9.90 Å². The first kappa shape index (κ1) is 15.0. The van der Waals surface area contributed by atoms with Crippen molar-refractivity contribution in [3.63, 3.8) is 0 Å². The van der Waals surface area contributed by atoms with Crippen molar-refractivity contribution in [3.05, 3.63) is 35.4 Å². The molecular formula is C17H25NO2. The number of carboxylic acids is 1. The second kappa shape index (κ2) is 6.89. The third-order valence-corrected chi connectivity index (χ3v) is 4.29. The van der Waals surface area contributed by atoms with Gasteiger partial charge in [-0.2, -0.15) is 0 Å². The average molecular weight is 275 g/mol. The van der Waals surface area contributed by atoms with E-state index in [1.807, 2.05) is 0 Å². The summed E-state index contributed by atoms with van der Waals surface area (Å²) in [5, 5.41) is 8.79. The van der Waals surface area contributed by atoms with E-state index >= 15 is 0 Å². The van der Waals surface area contributed by atoms with Gasteiger partial charge in [0.05, 0.1) is 0 Å². The lowest BCUT2D eigenvalue weighted by molar-refractivity contribution is -0.137. The maximum Gasteiger partial charge on any atom is 0.303 e. The van der Waals surface area contributed by atoms with Gasteiger partial charge in [0, 0.05) is 12.5 Å². The van der Waals surface area contributed by atoms with Crippen molar-refractivity contribution in [3.8, 4) is 0 Å². The highest BCUT2D eigenvalue weighted by atomic mass is 16.4. The maximum atomic E-state index is 10.7. The molecule has 110 valence electrons. The number of aryl methyl sites for hydroxylation is 1. The number of benzene rings is 1. The van der Waals surface area contributed by atoms with E-state index in [-0.39, 0.29) is 6.42 Å². The van der Waals surface area contributed by atoms with Crippen molar-refractivity contribution in [2.45, 2.75) is 45.6 Å². The van der Waals surface area contributed by atoms with E-state index in [4.69, 9.17) is 5.11 Å². The molecule has 0 amide bonds. The second-order valence-corrected chi connectivity index (χ2v) is 6.01. The molecule has 0 aliphatic carbocycles. The Kier molecular flexibility index (Phi) is 5.18. The smallest absolute Gasteiger partial charge is 0.303 e. The molecule has 0 saturated carbocycles. The first-order chi connectivity index (χ1) is 9.58. The minimum atomic E-state index is -0.693. The predicted molar refractivity (Wildman–Crippen MR) is 80.8 cm³/mol. The van der Waals surface area contributed by atoms with Crippen LogP contribution in [0.25, 0.3) is 0 Å². The Morgan fingerprint density at radius 3 is 2.70 bits per heavy atom. The van der Waals surface area contributed by atoms with Gasteiger partial charge in [0.1, 0.15) is 0 Å². The van der Waals surface area contributed by atoms with E-state index in [1.165, 1.54) is 24.0 Å². The molecule has 1 aromatic carbocycles. The van der Waals surface area contributed by atoms with Gasteiger partial charge >= 0.3 is 5.97 Å². The zero-order valence-electron chi connectivity index (χ0n) is 12.5. The van der Waals surface area contributed by atoms with Gasteiger partial charge in [0.15, 0.2) is 0 Å². The highest BCUT2D eigenvalue weighted by molar-refractivity contribution is 5.66. The van der Waals surface area contributed by atoms with Crippen LogP contribution in [0.15, 0.2) is 24.3 Å². The topological polar surface area (TPSA) is 40.5 Å². The standard InChI is InChI=1S/C17H25NO2/c1-13-7-9-15(10-8-13)17-14(2)5-3-11-18(17)12-4-6-16(19)20/h7-10,14,17H,3-6,11-12H2,1-2H3,(H,19,20)/t14-,17+/m1/s1. The lowest BCUT2D eigenvalue weighted by Crippen LogP contribution is -2.38. The molecule has 2 rings (SSSR count). The van der Waals surface area contributed by atoms with Crippen LogP contribution in [0, 0.1) is 12.8 Å². The highest BCUT2D eigenvalue weighted by Crippen LogP contribution is 2.35. The molecule has 0 spiro atoms. The summed E-state index contributed by atoms with van der Waals surface area (Å²) in [6, 6.07) is 9.24. The van der Waals surface area contributed by atoms with Crippen molar-refractivity contribution in [2.75, 3.05) is 13.1 Å². The van der Waals surface area contributed by atoms with E-state index in [2.05, 4.69) is 43.0 Å². The Labute approximate surface area is 121 Å². The minimum absolute atomic E-state index is 0.269. The molecule has 0 radical (unpaired) electrons. The molecular weight excluding hydrogens is 250 g/mol. The van der Waals surface area contributed by atoms with Crippen molar-refractivity contribution >= 4 is 5.97 Å². The molecule has 3 nitrogen and oxygen atoms in total. The Balaban J connectivity index is 2.07. The Morgan fingerprint density at radius 2 is 2.05 bits per heavy atom. The van der Waals surface area contributed by atoms with Crippen LogP contribution in [0.1, 0.15) is 49.8 Å². The van der Waals surface area contributed by atoms with Gasteiger partial charge < -0.3 is 5.11 Å². The number of carboxylic acid groups (broad SMARTS) is 1. The van der Waals surface area contributed by atoms with Gasteiger partial charge in [-0.3, -0.25) is 9.69 Å². The lowest BCUT2D eigenvalue weighted by Gasteiger charge is -2.40. The number of piperidine rings is 1. The molecule has 0 aromatic heterocycles. The van der Waals surface area contributed by atoms with Crippen molar-refractivity contribution in [1.29, 1.82) is 0 Å². The van der Waals surface area contributed by atoms with Gasteiger partial charge in [0.2, 0.25) is 0 Å². The molecule has 1 aliphatic heterocycles. The van der Waals surface area contributed by atoms with Crippen LogP contribution in [0.5, 0.6) is 0 Å². The Morgan fingerprint density at radius 1 is 1.35 bits per heavy atom. The van der Waals surface area contributed by atoms with Crippen molar-refractivity contribution in [2.24, 2.45) is 5.92 Å². The molecule has 1 saturated heterocycles. The molecule has 0 unspecified atom stereocenters. The van der Waals surface area contributed by atoms with Crippen molar-refractivity contribution in [1.82, 2.24) is 4.90 Å². The Bertz CT molecular complexity index is 441. The fourth-order valence-electron chi connectivity index (χ4n) is 3.26. The number of aliphatic carboxylic acids is 1. The molecule has 1 aromatic rings. The summed E-state index contributed by atoms with van der Waals surface area (Å²) in [6.45, 7) is 6.39. The van der Waals surface area contributed by atoms with E-state index in [0.29, 0.717) is 12.0 Å². The number of hydrogen-bond donors (Lipinski definition) is 1. The SMILES string of the molecule is Cc1ccc([C@@H]2[C@H](C)CCCN2CCCC(=O)O)cc1. The number of likely N-dealkylation sites (tertiary alicyclic amines) is 1. The van der Waals surface area contributed by atoms with Crippen LogP contribution >= 0.6 is 0 Å². The predicted octanol–water partition coefficient (Wildman–Crippen LogP) is 3.63. The van der Waals surface area contributed by atoms with Gasteiger partial charge in [-0.1, -0.05) is 36.8 Å². The molecule has 1 N–H and O–H groups in total. The summed E-state index contributed by atoms with van der Waals surface area (Å²) < 4.78 is 0. The number of carbonyl (C=O) groups is 1. The Hall–Kier alpha value is -1.35. The fraction of sp³-hybridized carbons (Fsp3) is 0.588. The van der Waals surface area contributed by atoms with Crippen LogP contribution in [-0.4, -0.2) is 29.1 Å². The summed E-state index contributed by atoms with van der Waals surface area (Å²) in [5.74, 6) is -0.0572. The zero-order valence-corrected chi connectivity index (χ0v) is 12.5. The highest BCUT2D eigenvalue weighted by Gasteiger charge is 2.29. The van der Waals surface area contributed by atoms with E-state index in [9.17, 15) is 4.79 Å². The monoisotopic (exact) mass is 275 g/mol. The van der Waals surface area contributed by atoms with Crippen LogP contribution in [0.2, 0.25) is 0 Å². The van der Waals surface area contributed by atoms with Gasteiger partial charge in [-0.25, -0.2) is 0 Å². The number of rotatable bonds is 5. The summed E-state index contributed by atoms with van der Waals surface area (Å²) in [6.07, 6.45) is 3.49. The largest absolute Gasteiger partial charge is 0.481 e. The van der Waals surface area contributed by atoms with Crippen LogP contribution in [0.3, 0.4) is 0 Å². The minimum Gasteiger partial charge on any atom is -0.481 e. The molecule has 20 heavy (non-hydrogen) atoms. The molecule has 0 bridgehead atoms. The van der Waals surface area contributed by atoms with E-state index < -0.39 is 5.97 Å². The van der Waals surface area contributed by atoms with Crippen LogP contribution < -0.4 is 0 Å². The van der Waals surface area contributed by atoms with E-state index in [0.717, 1.165) is 19.5 Å². The summed E-state index contributed by atoms with van der Waals surface area (Å²) in [7, 11) is 0. The lowest BCUT2D eigenvalue weighted by atomic mass is 9.85. The van der Waals surface area contributed by atoms with Gasteiger partial charge in [0.25, 0.3) is 0 Å². The first-order valence-corrected chi connectivity index (χ1v) is 7.60. The number of hydrogen-bond acceptors (Lipinski definition) is 2. The fourth-order valence-corrected chi connectivity index (χ4v) is 3.26. The van der Waals surface area contributed by atoms with Crippen LogP contribution in [-0.2, 0) is 4.79 Å². The maximum absolute atomic E-state index is 10.7. The quantitative estimate of drug-likeness (QED) is 0.892. The summed E-state index contributed by atoms with van der Waals surface area (Å²) in [5.41, 5.74) is 2.66. The molecule has 1 aliphatic rings. The van der Waals surface area contributed by atoms with Crippen LogP contribution in [0.4, 0.5) is 0 Å². The average Bonchev–Trinajstić information content (AvgIpc) is 2.40. The molecule has 3 heteroatoms. The molecule has 2 atom stereocenters.